The maximum Gasteiger partial charge on any atom is 0.238 e. The van der Waals surface area contributed by atoms with Gasteiger partial charge in [-0.2, -0.15) is 0 Å². The van der Waals surface area contributed by atoms with Crippen molar-refractivity contribution in [3.05, 3.63) is 59.7 Å². The van der Waals surface area contributed by atoms with Crippen molar-refractivity contribution in [1.29, 1.82) is 0 Å². The van der Waals surface area contributed by atoms with Gasteiger partial charge in [0.25, 0.3) is 0 Å². The summed E-state index contributed by atoms with van der Waals surface area (Å²) in [7, 11) is 5.11. The van der Waals surface area contributed by atoms with E-state index < -0.39 is 0 Å². The fourth-order valence-corrected chi connectivity index (χ4v) is 2.67. The molecule has 2 rings (SSSR count). The molecule has 0 radical (unpaired) electrons. The first-order valence-electron chi connectivity index (χ1n) is 8.80. The second-order valence-corrected chi connectivity index (χ2v) is 6.65. The monoisotopic (exact) mass is 369 g/mol. The van der Waals surface area contributed by atoms with Crippen LogP contribution in [0, 0.1) is 6.92 Å². The van der Waals surface area contributed by atoms with Gasteiger partial charge in [-0.15, -0.1) is 0 Å². The number of methoxy groups -OCH3 is 1. The molecule has 0 aromatic heterocycles. The summed E-state index contributed by atoms with van der Waals surface area (Å²) in [5.74, 6) is 0.538. The normalized spacial score (nSPS) is 10.6. The van der Waals surface area contributed by atoms with E-state index in [1.165, 1.54) is 0 Å². The number of ether oxygens (including phenoxy) is 1. The quantitative estimate of drug-likeness (QED) is 0.777. The van der Waals surface area contributed by atoms with Crippen molar-refractivity contribution in [2.45, 2.75) is 13.5 Å². The molecule has 6 nitrogen and oxygen atoms in total. The van der Waals surface area contributed by atoms with Gasteiger partial charge < -0.3 is 15.0 Å². The molecule has 0 saturated carbocycles. The maximum absolute atomic E-state index is 12.4. The molecule has 0 aliphatic rings. The number of benzene rings is 2. The van der Waals surface area contributed by atoms with E-state index in [-0.39, 0.29) is 24.9 Å². The number of nitrogens with zero attached hydrogens (tertiary/aromatic N) is 2. The lowest BCUT2D eigenvalue weighted by atomic mass is 10.2. The van der Waals surface area contributed by atoms with Crippen LogP contribution in [0.1, 0.15) is 11.1 Å². The number of anilines is 1. The van der Waals surface area contributed by atoms with E-state index in [0.717, 1.165) is 22.6 Å². The number of carbonyl (C=O) groups excluding carboxylic acids is 2. The first kappa shape index (κ1) is 20.5. The molecule has 2 aromatic carbocycles. The smallest absolute Gasteiger partial charge is 0.238 e. The summed E-state index contributed by atoms with van der Waals surface area (Å²) < 4.78 is 5.32. The molecule has 0 aliphatic carbocycles. The standard InChI is InChI=1S/C21H27N3O3/c1-16-9-11-18(12-10-16)22-20(25)14-23(2)15-21(26)24(3)13-17-7-5-6-8-19(17)27-4/h5-12H,13-15H2,1-4H3,(H,22,25). The zero-order valence-corrected chi connectivity index (χ0v) is 16.4. The Kier molecular flexibility index (Phi) is 7.37. The van der Waals surface area contributed by atoms with Crippen LogP contribution in [0.4, 0.5) is 5.69 Å². The van der Waals surface area contributed by atoms with E-state index in [2.05, 4.69) is 5.32 Å². The minimum Gasteiger partial charge on any atom is -0.496 e. The molecule has 6 heteroatoms. The number of carbonyl (C=O) groups is 2. The topological polar surface area (TPSA) is 61.9 Å². The number of hydrogen-bond donors (Lipinski definition) is 1. The Balaban J connectivity index is 1.83. The maximum atomic E-state index is 12.4. The second kappa shape index (κ2) is 9.73. The van der Waals surface area contributed by atoms with E-state index in [0.29, 0.717) is 6.54 Å². The molecule has 0 bridgehead atoms. The molecule has 1 N–H and O–H groups in total. The Hall–Kier alpha value is -2.86. The Morgan fingerprint density at radius 1 is 1.00 bits per heavy atom. The number of aryl methyl sites for hydroxylation is 1. The molecular weight excluding hydrogens is 342 g/mol. The lowest BCUT2D eigenvalue weighted by Gasteiger charge is -2.22. The van der Waals surface area contributed by atoms with Crippen molar-refractivity contribution in [3.63, 3.8) is 0 Å². The van der Waals surface area contributed by atoms with Crippen molar-refractivity contribution < 1.29 is 14.3 Å². The molecule has 144 valence electrons. The minimum atomic E-state index is -0.151. The van der Waals surface area contributed by atoms with Gasteiger partial charge in [-0.25, -0.2) is 0 Å². The van der Waals surface area contributed by atoms with Crippen LogP contribution in [0.15, 0.2) is 48.5 Å². The number of hydrogen-bond acceptors (Lipinski definition) is 4. The number of nitrogens with one attached hydrogen (secondary N) is 1. The molecule has 0 aliphatic heterocycles. The van der Waals surface area contributed by atoms with E-state index in [4.69, 9.17) is 4.74 Å². The van der Waals surface area contributed by atoms with Gasteiger partial charge in [-0.05, 0) is 32.2 Å². The molecule has 0 fully saturated rings. The van der Waals surface area contributed by atoms with E-state index in [1.807, 2.05) is 55.5 Å². The number of amides is 2. The summed E-state index contributed by atoms with van der Waals surface area (Å²) in [6.45, 7) is 2.74. The van der Waals surface area contributed by atoms with Crippen LogP contribution < -0.4 is 10.1 Å². The minimum absolute atomic E-state index is 0.0634. The van der Waals surface area contributed by atoms with Crippen LogP contribution in [0.5, 0.6) is 5.75 Å². The predicted octanol–water partition coefficient (Wildman–Crippen LogP) is 2.53. The zero-order chi connectivity index (χ0) is 19.8. The summed E-state index contributed by atoms with van der Waals surface area (Å²) in [4.78, 5) is 27.9. The molecule has 0 spiro atoms. The average molecular weight is 369 g/mol. The van der Waals surface area contributed by atoms with Crippen LogP contribution in [0.25, 0.3) is 0 Å². The third kappa shape index (κ3) is 6.42. The highest BCUT2D eigenvalue weighted by molar-refractivity contribution is 5.92. The summed E-state index contributed by atoms with van der Waals surface area (Å²) in [6.07, 6.45) is 0. The van der Waals surface area contributed by atoms with Crippen molar-refractivity contribution in [3.8, 4) is 5.75 Å². The van der Waals surface area contributed by atoms with Crippen LogP contribution >= 0.6 is 0 Å². The third-order valence-electron chi connectivity index (χ3n) is 4.18. The number of para-hydroxylation sites is 1. The largest absolute Gasteiger partial charge is 0.496 e. The fourth-order valence-electron chi connectivity index (χ4n) is 2.67. The van der Waals surface area contributed by atoms with Gasteiger partial charge in [0.1, 0.15) is 5.75 Å². The lowest BCUT2D eigenvalue weighted by molar-refractivity contribution is -0.131. The van der Waals surface area contributed by atoms with Gasteiger partial charge >= 0.3 is 0 Å². The number of likely N-dealkylation sites (N-methyl/N-ethyl adjacent to an activating group) is 2. The van der Waals surface area contributed by atoms with Gasteiger partial charge in [-0.3, -0.25) is 14.5 Å². The summed E-state index contributed by atoms with van der Waals surface area (Å²) in [6, 6.07) is 15.2. The van der Waals surface area contributed by atoms with Gasteiger partial charge in [-0.1, -0.05) is 35.9 Å². The highest BCUT2D eigenvalue weighted by Crippen LogP contribution is 2.18. The van der Waals surface area contributed by atoms with Crippen molar-refractivity contribution >= 4 is 17.5 Å². The zero-order valence-electron chi connectivity index (χ0n) is 16.4. The molecule has 27 heavy (non-hydrogen) atoms. The Bertz CT molecular complexity index is 774. The highest BCUT2D eigenvalue weighted by atomic mass is 16.5. The fraction of sp³-hybridized carbons (Fsp3) is 0.333. The molecule has 0 unspecified atom stereocenters. The number of rotatable bonds is 8. The van der Waals surface area contributed by atoms with Crippen LogP contribution in [-0.4, -0.2) is 55.9 Å². The van der Waals surface area contributed by atoms with Crippen LogP contribution in [0.2, 0.25) is 0 Å². The van der Waals surface area contributed by atoms with Crippen LogP contribution in [-0.2, 0) is 16.1 Å². The van der Waals surface area contributed by atoms with Gasteiger partial charge in [0, 0.05) is 24.8 Å². The Morgan fingerprint density at radius 3 is 2.33 bits per heavy atom. The van der Waals surface area contributed by atoms with Crippen LogP contribution in [0.3, 0.4) is 0 Å². The van der Waals surface area contributed by atoms with Gasteiger partial charge in [0.05, 0.1) is 20.2 Å². The summed E-state index contributed by atoms with van der Waals surface area (Å²) in [5.41, 5.74) is 2.82. The molecule has 2 aromatic rings. The molecular formula is C21H27N3O3. The van der Waals surface area contributed by atoms with Crippen molar-refractivity contribution in [2.75, 3.05) is 39.6 Å². The molecule has 0 heterocycles. The third-order valence-corrected chi connectivity index (χ3v) is 4.18. The van der Waals surface area contributed by atoms with Gasteiger partial charge in [0.2, 0.25) is 11.8 Å². The first-order valence-corrected chi connectivity index (χ1v) is 8.80. The second-order valence-electron chi connectivity index (χ2n) is 6.65. The Labute approximate surface area is 160 Å². The molecule has 0 atom stereocenters. The first-order chi connectivity index (χ1) is 12.9. The summed E-state index contributed by atoms with van der Waals surface area (Å²) >= 11 is 0. The van der Waals surface area contributed by atoms with E-state index in [9.17, 15) is 9.59 Å². The summed E-state index contributed by atoms with van der Waals surface area (Å²) in [5, 5.41) is 2.84. The van der Waals surface area contributed by atoms with Gasteiger partial charge in [0.15, 0.2) is 0 Å². The van der Waals surface area contributed by atoms with E-state index >= 15 is 0 Å². The molecule has 2 amide bonds. The van der Waals surface area contributed by atoms with Crippen molar-refractivity contribution in [1.82, 2.24) is 9.80 Å². The molecule has 0 saturated heterocycles. The Morgan fingerprint density at radius 2 is 1.67 bits per heavy atom. The van der Waals surface area contributed by atoms with Crippen molar-refractivity contribution in [2.24, 2.45) is 0 Å². The lowest BCUT2D eigenvalue weighted by Crippen LogP contribution is -2.39. The SMILES string of the molecule is COc1ccccc1CN(C)C(=O)CN(C)CC(=O)Nc1ccc(C)cc1. The predicted molar refractivity (Wildman–Crippen MR) is 107 cm³/mol. The van der Waals surface area contributed by atoms with E-state index in [1.54, 1.807) is 31.0 Å². The average Bonchev–Trinajstić information content (AvgIpc) is 2.63. The highest BCUT2D eigenvalue weighted by Gasteiger charge is 2.15.